The molecule has 0 bridgehead atoms. The Morgan fingerprint density at radius 3 is 2.84 bits per heavy atom. The number of hydrogen-bond donors (Lipinski definition) is 3. The summed E-state index contributed by atoms with van der Waals surface area (Å²) in [5, 5.41) is 15.2. The van der Waals surface area contributed by atoms with Gasteiger partial charge >= 0.3 is 6.03 Å². The number of benzene rings is 2. The van der Waals surface area contributed by atoms with Gasteiger partial charge in [0.25, 0.3) is 0 Å². The van der Waals surface area contributed by atoms with E-state index in [1.54, 1.807) is 0 Å². The Labute approximate surface area is 189 Å². The maximum atomic E-state index is 12.2. The number of fused-ring (bicyclic) bond motifs is 1. The molecule has 0 aliphatic rings. The molecule has 0 unspecified atom stereocenters. The van der Waals surface area contributed by atoms with Crippen molar-refractivity contribution in [3.05, 3.63) is 72.9 Å². The molecule has 3 amide bonds. The number of rotatable bonds is 7. The van der Waals surface area contributed by atoms with Gasteiger partial charge in [-0.1, -0.05) is 48.2 Å². The summed E-state index contributed by atoms with van der Waals surface area (Å²) >= 11 is 1.21. The number of nitrogens with one attached hydrogen (secondary N) is 3. The summed E-state index contributed by atoms with van der Waals surface area (Å²) < 4.78 is 1.93. The first-order chi connectivity index (χ1) is 15.6. The quantitative estimate of drug-likeness (QED) is 0.296. The predicted molar refractivity (Wildman–Crippen MR) is 126 cm³/mol. The lowest BCUT2D eigenvalue weighted by atomic mass is 10.1. The summed E-state index contributed by atoms with van der Waals surface area (Å²) in [7, 11) is 0. The zero-order valence-electron chi connectivity index (χ0n) is 17.5. The fourth-order valence-electron chi connectivity index (χ4n) is 3.30. The Morgan fingerprint density at radius 2 is 2.03 bits per heavy atom. The number of amides is 3. The van der Waals surface area contributed by atoms with Crippen molar-refractivity contribution >= 4 is 34.6 Å². The van der Waals surface area contributed by atoms with Crippen LogP contribution in [0, 0.1) is 6.92 Å². The molecule has 9 heteroatoms. The minimum Gasteiger partial charge on any atom is -0.360 e. The van der Waals surface area contributed by atoms with Crippen LogP contribution in [0.3, 0.4) is 0 Å². The van der Waals surface area contributed by atoms with E-state index < -0.39 is 11.9 Å². The second-order valence-electron chi connectivity index (χ2n) is 7.06. The molecule has 2 heterocycles. The second kappa shape index (κ2) is 9.52. The Bertz CT molecular complexity index is 1290. The summed E-state index contributed by atoms with van der Waals surface area (Å²) in [6.07, 6.45) is 3.45. The van der Waals surface area contributed by atoms with E-state index >= 15 is 0 Å². The number of urea groups is 1. The molecule has 4 rings (SSSR count). The minimum atomic E-state index is -0.560. The summed E-state index contributed by atoms with van der Waals surface area (Å²) in [6, 6.07) is 15.4. The van der Waals surface area contributed by atoms with Crippen LogP contribution in [0.4, 0.5) is 4.79 Å². The van der Waals surface area contributed by atoms with Crippen molar-refractivity contribution in [1.82, 2.24) is 30.4 Å². The van der Waals surface area contributed by atoms with Crippen LogP contribution >= 0.6 is 11.8 Å². The van der Waals surface area contributed by atoms with E-state index in [4.69, 9.17) is 0 Å². The molecule has 0 radical (unpaired) electrons. The zero-order valence-corrected chi connectivity index (χ0v) is 18.3. The van der Waals surface area contributed by atoms with E-state index in [0.717, 1.165) is 27.7 Å². The molecule has 2 aromatic carbocycles. The Kier molecular flexibility index (Phi) is 6.37. The van der Waals surface area contributed by atoms with Crippen LogP contribution in [-0.2, 0) is 4.79 Å². The monoisotopic (exact) mass is 446 g/mol. The van der Waals surface area contributed by atoms with Crippen molar-refractivity contribution in [1.29, 1.82) is 0 Å². The molecule has 3 N–H and O–H groups in total. The summed E-state index contributed by atoms with van der Waals surface area (Å²) in [5.74, 6) is 0.253. The van der Waals surface area contributed by atoms with Gasteiger partial charge in [0.2, 0.25) is 5.91 Å². The van der Waals surface area contributed by atoms with Crippen LogP contribution < -0.4 is 10.6 Å². The summed E-state index contributed by atoms with van der Waals surface area (Å²) in [5.41, 5.74) is 3.89. The second-order valence-corrected chi connectivity index (χ2v) is 8.01. The minimum absolute atomic E-state index is 0.0132. The van der Waals surface area contributed by atoms with Crippen molar-refractivity contribution in [3.63, 3.8) is 0 Å². The third-order valence-corrected chi connectivity index (χ3v) is 5.64. The lowest BCUT2D eigenvalue weighted by Crippen LogP contribution is -2.40. The topological polar surface area (TPSA) is 105 Å². The summed E-state index contributed by atoms with van der Waals surface area (Å²) in [4.78, 5) is 27.2. The SMILES string of the molecule is C=CCNC(=O)NC(=O)CSc1nnc(-c2c[nH]c3ccccc23)n1-c1cccc(C)c1. The average molecular weight is 447 g/mol. The van der Waals surface area contributed by atoms with Gasteiger partial charge in [-0.3, -0.25) is 14.7 Å². The van der Waals surface area contributed by atoms with Gasteiger partial charge in [0.05, 0.1) is 5.75 Å². The molecule has 0 aliphatic carbocycles. The number of aromatic amines is 1. The average Bonchev–Trinajstić information content (AvgIpc) is 3.40. The number of imide groups is 1. The van der Waals surface area contributed by atoms with Crippen LogP contribution in [0.1, 0.15) is 5.56 Å². The molecule has 162 valence electrons. The van der Waals surface area contributed by atoms with Crippen LogP contribution in [0.15, 0.2) is 72.5 Å². The van der Waals surface area contributed by atoms with E-state index in [1.807, 2.05) is 66.2 Å². The lowest BCUT2D eigenvalue weighted by molar-refractivity contribution is -0.117. The smallest absolute Gasteiger partial charge is 0.321 e. The van der Waals surface area contributed by atoms with Crippen molar-refractivity contribution in [2.45, 2.75) is 12.1 Å². The van der Waals surface area contributed by atoms with Gasteiger partial charge in [0.15, 0.2) is 11.0 Å². The van der Waals surface area contributed by atoms with Crippen LogP contribution in [-0.4, -0.2) is 44.0 Å². The van der Waals surface area contributed by atoms with Gasteiger partial charge in [-0.15, -0.1) is 16.8 Å². The lowest BCUT2D eigenvalue weighted by Gasteiger charge is -2.11. The van der Waals surface area contributed by atoms with Crippen molar-refractivity contribution in [2.75, 3.05) is 12.3 Å². The molecule has 32 heavy (non-hydrogen) atoms. The van der Waals surface area contributed by atoms with E-state index in [2.05, 4.69) is 32.4 Å². The molecule has 0 atom stereocenters. The Hall–Kier alpha value is -3.85. The Balaban J connectivity index is 1.65. The molecule has 0 saturated carbocycles. The molecule has 2 aromatic heterocycles. The van der Waals surface area contributed by atoms with Crippen molar-refractivity contribution in [2.24, 2.45) is 0 Å². The molecule has 0 spiro atoms. The fraction of sp³-hybridized carbons (Fsp3) is 0.130. The number of para-hydroxylation sites is 1. The zero-order chi connectivity index (χ0) is 22.5. The molecule has 0 fully saturated rings. The maximum absolute atomic E-state index is 12.2. The third-order valence-electron chi connectivity index (χ3n) is 4.72. The van der Waals surface area contributed by atoms with E-state index in [9.17, 15) is 9.59 Å². The van der Waals surface area contributed by atoms with Gasteiger partial charge in [-0.05, 0) is 30.7 Å². The molecule has 0 aliphatic heterocycles. The molecule has 4 aromatic rings. The van der Waals surface area contributed by atoms with Crippen molar-refractivity contribution < 1.29 is 9.59 Å². The van der Waals surface area contributed by atoms with Crippen LogP contribution in [0.5, 0.6) is 0 Å². The number of carbonyl (C=O) groups excluding carboxylic acids is 2. The number of nitrogens with zero attached hydrogens (tertiary/aromatic N) is 3. The number of H-pyrrole nitrogens is 1. The number of aryl methyl sites for hydroxylation is 1. The van der Waals surface area contributed by atoms with E-state index in [1.165, 1.54) is 17.8 Å². The highest BCUT2D eigenvalue weighted by atomic mass is 32.2. The highest BCUT2D eigenvalue weighted by Crippen LogP contribution is 2.32. The van der Waals surface area contributed by atoms with Gasteiger partial charge in [0.1, 0.15) is 0 Å². The van der Waals surface area contributed by atoms with Crippen LogP contribution in [0.2, 0.25) is 0 Å². The number of carbonyl (C=O) groups is 2. The van der Waals surface area contributed by atoms with E-state index in [0.29, 0.717) is 11.0 Å². The van der Waals surface area contributed by atoms with Gasteiger partial charge < -0.3 is 10.3 Å². The van der Waals surface area contributed by atoms with Crippen LogP contribution in [0.25, 0.3) is 28.0 Å². The number of hydrogen-bond acceptors (Lipinski definition) is 5. The highest BCUT2D eigenvalue weighted by molar-refractivity contribution is 7.99. The molecule has 0 saturated heterocycles. The number of aromatic nitrogens is 4. The summed E-state index contributed by atoms with van der Waals surface area (Å²) in [6.45, 7) is 5.82. The first kappa shape index (κ1) is 21.4. The first-order valence-corrected chi connectivity index (χ1v) is 11.0. The normalized spacial score (nSPS) is 10.8. The van der Waals surface area contributed by atoms with Crippen molar-refractivity contribution in [3.8, 4) is 17.1 Å². The molecule has 8 nitrogen and oxygen atoms in total. The number of thioether (sulfide) groups is 1. The van der Waals surface area contributed by atoms with Gasteiger partial charge in [0, 0.05) is 34.9 Å². The predicted octanol–water partition coefficient (Wildman–Crippen LogP) is 3.83. The fourth-order valence-corrected chi connectivity index (χ4v) is 4.05. The van der Waals surface area contributed by atoms with E-state index in [-0.39, 0.29) is 12.3 Å². The Morgan fingerprint density at radius 1 is 1.19 bits per heavy atom. The maximum Gasteiger partial charge on any atom is 0.321 e. The van der Waals surface area contributed by atoms with Gasteiger partial charge in [-0.2, -0.15) is 0 Å². The largest absolute Gasteiger partial charge is 0.360 e. The first-order valence-electron chi connectivity index (χ1n) is 9.97. The third kappa shape index (κ3) is 4.57. The molecular weight excluding hydrogens is 424 g/mol. The van der Waals surface area contributed by atoms with Gasteiger partial charge in [-0.25, -0.2) is 4.79 Å². The highest BCUT2D eigenvalue weighted by Gasteiger charge is 2.20. The standard InChI is InChI=1S/C23H22N6O2S/c1-3-11-24-22(31)26-20(30)14-32-23-28-27-21(29(23)16-8-6-7-15(2)12-16)18-13-25-19-10-5-4-9-17(18)19/h3-10,12-13,25H,1,11,14H2,2H3,(H2,24,26,30,31). The molecular formula is C23H22N6O2S.